The SMILES string of the molecule is C=Cn1cc(C(=O)O)c(=O)c2c(C)c(F)c(N3CCC(N)C3)c(Cl)c21. The highest BCUT2D eigenvalue weighted by Crippen LogP contribution is 2.39. The molecule has 0 saturated carbocycles. The van der Waals surface area contributed by atoms with E-state index in [2.05, 4.69) is 6.58 Å². The van der Waals surface area contributed by atoms with E-state index in [0.717, 1.165) is 6.20 Å². The maximum absolute atomic E-state index is 15.0. The minimum Gasteiger partial charge on any atom is -0.477 e. The van der Waals surface area contributed by atoms with Gasteiger partial charge in [0.2, 0.25) is 5.43 Å². The van der Waals surface area contributed by atoms with Crippen molar-refractivity contribution in [1.82, 2.24) is 4.57 Å². The molecular formula is C17H17ClFN3O3. The summed E-state index contributed by atoms with van der Waals surface area (Å²) in [5.74, 6) is -2.03. The van der Waals surface area contributed by atoms with Crippen LogP contribution in [-0.2, 0) is 0 Å². The number of hydrogen-bond donors (Lipinski definition) is 2. The number of anilines is 1. The first-order chi connectivity index (χ1) is 11.8. The van der Waals surface area contributed by atoms with Gasteiger partial charge in [-0.05, 0) is 13.3 Å². The Bertz CT molecular complexity index is 970. The Morgan fingerprint density at radius 3 is 2.76 bits per heavy atom. The van der Waals surface area contributed by atoms with Crippen LogP contribution in [0.25, 0.3) is 17.1 Å². The van der Waals surface area contributed by atoms with E-state index >= 15 is 4.39 Å². The van der Waals surface area contributed by atoms with E-state index in [1.165, 1.54) is 17.7 Å². The van der Waals surface area contributed by atoms with Gasteiger partial charge in [-0.15, -0.1) is 0 Å². The van der Waals surface area contributed by atoms with Gasteiger partial charge < -0.3 is 20.3 Å². The molecule has 6 nitrogen and oxygen atoms in total. The van der Waals surface area contributed by atoms with E-state index in [-0.39, 0.29) is 33.2 Å². The van der Waals surface area contributed by atoms with Crippen LogP contribution in [0.1, 0.15) is 22.3 Å². The van der Waals surface area contributed by atoms with Gasteiger partial charge in [0, 0.05) is 37.1 Å². The second kappa shape index (κ2) is 6.16. The first-order valence-electron chi connectivity index (χ1n) is 7.70. The monoisotopic (exact) mass is 365 g/mol. The molecule has 0 amide bonds. The number of aromatic nitrogens is 1. The number of aryl methyl sites for hydroxylation is 1. The van der Waals surface area contributed by atoms with Crippen molar-refractivity contribution in [2.75, 3.05) is 18.0 Å². The molecule has 3 rings (SSSR count). The maximum atomic E-state index is 15.0. The smallest absolute Gasteiger partial charge is 0.341 e. The van der Waals surface area contributed by atoms with E-state index in [1.54, 1.807) is 4.90 Å². The Morgan fingerprint density at radius 1 is 1.56 bits per heavy atom. The van der Waals surface area contributed by atoms with Crippen LogP contribution in [0.5, 0.6) is 0 Å². The summed E-state index contributed by atoms with van der Waals surface area (Å²) in [4.78, 5) is 25.6. The number of carboxylic acid groups (broad SMARTS) is 1. The molecule has 0 aliphatic carbocycles. The molecular weight excluding hydrogens is 349 g/mol. The Balaban J connectivity index is 2.45. The van der Waals surface area contributed by atoms with Crippen molar-refractivity contribution in [3.8, 4) is 0 Å². The number of nitrogens with two attached hydrogens (primary N) is 1. The summed E-state index contributed by atoms with van der Waals surface area (Å²) in [6.07, 6.45) is 3.18. The van der Waals surface area contributed by atoms with Gasteiger partial charge in [0.05, 0.1) is 21.6 Å². The molecule has 2 heterocycles. The van der Waals surface area contributed by atoms with Gasteiger partial charge in [-0.3, -0.25) is 4.79 Å². The van der Waals surface area contributed by atoms with Crippen LogP contribution in [0.2, 0.25) is 5.02 Å². The summed E-state index contributed by atoms with van der Waals surface area (Å²) < 4.78 is 16.4. The molecule has 3 N–H and O–H groups in total. The molecule has 132 valence electrons. The lowest BCUT2D eigenvalue weighted by Crippen LogP contribution is -2.28. The molecule has 2 aromatic rings. The van der Waals surface area contributed by atoms with Crippen molar-refractivity contribution >= 4 is 40.4 Å². The van der Waals surface area contributed by atoms with Gasteiger partial charge in [-0.1, -0.05) is 18.2 Å². The lowest BCUT2D eigenvalue weighted by molar-refractivity contribution is 0.0695. The molecule has 1 aromatic heterocycles. The molecule has 0 bridgehead atoms. The Morgan fingerprint density at radius 2 is 2.24 bits per heavy atom. The number of fused-ring (bicyclic) bond motifs is 1. The second-order valence-corrected chi connectivity index (χ2v) is 6.46. The number of benzene rings is 1. The van der Waals surface area contributed by atoms with Gasteiger partial charge >= 0.3 is 5.97 Å². The molecule has 0 spiro atoms. The minimum absolute atomic E-state index is 0.0427. The van der Waals surface area contributed by atoms with Crippen LogP contribution in [-0.4, -0.2) is 34.8 Å². The summed E-state index contributed by atoms with van der Waals surface area (Å²) in [6.45, 7) is 6.07. The van der Waals surface area contributed by atoms with E-state index in [4.69, 9.17) is 17.3 Å². The average Bonchev–Trinajstić information content (AvgIpc) is 2.98. The number of rotatable bonds is 3. The Labute approximate surface area is 147 Å². The first kappa shape index (κ1) is 17.4. The molecule has 1 aliphatic heterocycles. The molecule has 1 atom stereocenters. The predicted molar refractivity (Wildman–Crippen MR) is 96.1 cm³/mol. The molecule has 1 aliphatic rings. The molecule has 0 radical (unpaired) electrons. The molecule has 25 heavy (non-hydrogen) atoms. The average molecular weight is 366 g/mol. The van der Waals surface area contributed by atoms with Crippen LogP contribution in [0.4, 0.5) is 10.1 Å². The number of aromatic carboxylic acids is 1. The summed E-state index contributed by atoms with van der Waals surface area (Å²) >= 11 is 6.46. The van der Waals surface area contributed by atoms with Gasteiger partial charge in [0.15, 0.2) is 5.82 Å². The van der Waals surface area contributed by atoms with Gasteiger partial charge in [0.1, 0.15) is 5.56 Å². The zero-order chi connectivity index (χ0) is 18.5. The summed E-state index contributed by atoms with van der Waals surface area (Å²) in [7, 11) is 0. The lowest BCUT2D eigenvalue weighted by Gasteiger charge is -2.23. The van der Waals surface area contributed by atoms with Crippen LogP contribution in [0, 0.1) is 12.7 Å². The third-order valence-electron chi connectivity index (χ3n) is 4.53. The van der Waals surface area contributed by atoms with Crippen LogP contribution in [0.15, 0.2) is 17.6 Å². The fourth-order valence-electron chi connectivity index (χ4n) is 3.26. The minimum atomic E-state index is -1.40. The molecule has 1 unspecified atom stereocenters. The molecule has 8 heteroatoms. The van der Waals surface area contributed by atoms with Crippen LogP contribution < -0.4 is 16.1 Å². The van der Waals surface area contributed by atoms with Crippen molar-refractivity contribution in [2.24, 2.45) is 5.73 Å². The summed E-state index contributed by atoms with van der Waals surface area (Å²) in [5, 5.41) is 9.22. The Kier molecular flexibility index (Phi) is 4.30. The van der Waals surface area contributed by atoms with Crippen LogP contribution in [0.3, 0.4) is 0 Å². The topological polar surface area (TPSA) is 88.6 Å². The highest BCUT2D eigenvalue weighted by Gasteiger charge is 2.29. The van der Waals surface area contributed by atoms with Gasteiger partial charge in [0.25, 0.3) is 0 Å². The number of hydrogen-bond acceptors (Lipinski definition) is 4. The largest absolute Gasteiger partial charge is 0.477 e. The molecule has 1 fully saturated rings. The van der Waals surface area contributed by atoms with E-state index in [0.29, 0.717) is 19.5 Å². The van der Waals surface area contributed by atoms with Crippen LogP contribution >= 0.6 is 11.6 Å². The standard InChI is InChI=1S/C17H17ClFN3O3/c1-3-21-7-10(17(24)25)16(23)11-8(2)13(19)15(12(18)14(11)21)22-5-4-9(20)6-22/h3,7,9H,1,4-6,20H2,2H3,(H,24,25). The fraction of sp³-hybridized carbons (Fsp3) is 0.294. The summed E-state index contributed by atoms with van der Waals surface area (Å²) in [6, 6.07) is -0.0811. The lowest BCUT2D eigenvalue weighted by atomic mass is 10.0. The fourth-order valence-corrected chi connectivity index (χ4v) is 3.66. The maximum Gasteiger partial charge on any atom is 0.341 e. The van der Waals surface area contributed by atoms with Crippen molar-refractivity contribution in [3.63, 3.8) is 0 Å². The highest BCUT2D eigenvalue weighted by atomic mass is 35.5. The quantitative estimate of drug-likeness (QED) is 0.872. The van der Waals surface area contributed by atoms with Crippen molar-refractivity contribution < 1.29 is 14.3 Å². The molecule has 1 aromatic carbocycles. The zero-order valence-electron chi connectivity index (χ0n) is 13.6. The highest BCUT2D eigenvalue weighted by molar-refractivity contribution is 6.38. The van der Waals surface area contributed by atoms with Crippen molar-refractivity contribution in [2.45, 2.75) is 19.4 Å². The normalized spacial score (nSPS) is 17.3. The van der Waals surface area contributed by atoms with Crippen molar-refractivity contribution in [3.05, 3.63) is 45.0 Å². The molecule has 1 saturated heterocycles. The van der Waals surface area contributed by atoms with E-state index in [1.807, 2.05) is 0 Å². The van der Waals surface area contributed by atoms with E-state index < -0.39 is 22.8 Å². The zero-order valence-corrected chi connectivity index (χ0v) is 14.3. The number of halogens is 2. The third-order valence-corrected chi connectivity index (χ3v) is 4.89. The predicted octanol–water partition coefficient (Wildman–Crippen LogP) is 2.44. The van der Waals surface area contributed by atoms with Crippen molar-refractivity contribution in [1.29, 1.82) is 0 Å². The summed E-state index contributed by atoms with van der Waals surface area (Å²) in [5.41, 5.74) is 5.13. The number of carbonyl (C=O) groups is 1. The number of pyridine rings is 1. The number of carboxylic acids is 1. The number of nitrogens with zero attached hydrogens (tertiary/aromatic N) is 2. The third kappa shape index (κ3) is 2.60. The second-order valence-electron chi connectivity index (χ2n) is 6.09. The van der Waals surface area contributed by atoms with Gasteiger partial charge in [-0.2, -0.15) is 0 Å². The first-order valence-corrected chi connectivity index (χ1v) is 8.08. The van der Waals surface area contributed by atoms with E-state index in [9.17, 15) is 14.7 Å². The van der Waals surface area contributed by atoms with Gasteiger partial charge in [-0.25, -0.2) is 9.18 Å². The Hall–Kier alpha value is -2.38.